The first-order valence-corrected chi connectivity index (χ1v) is 8.46. The maximum atomic E-state index is 6.26. The Morgan fingerprint density at radius 3 is 2.64 bits per heavy atom. The van der Waals surface area contributed by atoms with Gasteiger partial charge in [0.1, 0.15) is 6.61 Å². The quantitative estimate of drug-likeness (QED) is 0.851. The molecule has 5 nitrogen and oxygen atoms in total. The highest BCUT2D eigenvalue weighted by Crippen LogP contribution is 2.36. The van der Waals surface area contributed by atoms with Crippen LogP contribution in [-0.4, -0.2) is 34.0 Å². The third-order valence-corrected chi connectivity index (χ3v) is 4.54. The number of para-hydroxylation sites is 1. The summed E-state index contributed by atoms with van der Waals surface area (Å²) in [5.41, 5.74) is 2.17. The minimum atomic E-state index is 0.214. The van der Waals surface area contributed by atoms with Gasteiger partial charge in [-0.3, -0.25) is 0 Å². The molecule has 1 aliphatic rings. The molecule has 0 amide bonds. The zero-order valence-corrected chi connectivity index (χ0v) is 15.4. The van der Waals surface area contributed by atoms with Crippen LogP contribution >= 0.6 is 11.6 Å². The molecule has 0 radical (unpaired) electrons. The van der Waals surface area contributed by atoms with E-state index >= 15 is 0 Å². The van der Waals surface area contributed by atoms with Crippen LogP contribution in [-0.2, 0) is 13.0 Å². The third kappa shape index (κ3) is 3.78. The highest BCUT2D eigenvalue weighted by molar-refractivity contribution is 6.32. The SMILES string of the molecule is COc1cc(CNC2COc3c(cccc3OC)C2)cc(Cl)c1OC. The summed E-state index contributed by atoms with van der Waals surface area (Å²) in [6.07, 6.45) is 0.882. The number of halogens is 1. The first kappa shape index (κ1) is 17.7. The topological polar surface area (TPSA) is 49.0 Å². The maximum Gasteiger partial charge on any atom is 0.179 e. The summed E-state index contributed by atoms with van der Waals surface area (Å²) in [4.78, 5) is 0. The van der Waals surface area contributed by atoms with Crippen molar-refractivity contribution in [1.29, 1.82) is 0 Å². The van der Waals surface area contributed by atoms with Crippen LogP contribution in [0.4, 0.5) is 0 Å². The summed E-state index contributed by atoms with van der Waals surface area (Å²) in [5.74, 6) is 2.80. The molecule has 1 heterocycles. The summed E-state index contributed by atoms with van der Waals surface area (Å²) in [5, 5.41) is 4.05. The molecule has 0 bridgehead atoms. The van der Waals surface area contributed by atoms with E-state index in [2.05, 4.69) is 11.4 Å². The van der Waals surface area contributed by atoms with E-state index in [1.54, 1.807) is 21.3 Å². The summed E-state index contributed by atoms with van der Waals surface area (Å²) >= 11 is 6.26. The lowest BCUT2D eigenvalue weighted by molar-refractivity contribution is 0.226. The number of ether oxygens (including phenoxy) is 4. The number of methoxy groups -OCH3 is 3. The van der Waals surface area contributed by atoms with Gasteiger partial charge in [-0.2, -0.15) is 0 Å². The van der Waals surface area contributed by atoms with Gasteiger partial charge in [-0.25, -0.2) is 0 Å². The molecule has 25 heavy (non-hydrogen) atoms. The fourth-order valence-corrected chi connectivity index (χ4v) is 3.33. The number of rotatable bonds is 6. The number of fused-ring (bicyclic) bond motifs is 1. The zero-order valence-electron chi connectivity index (χ0n) is 14.6. The van der Waals surface area contributed by atoms with Crippen molar-refractivity contribution in [2.45, 2.75) is 19.0 Å². The molecule has 0 aliphatic carbocycles. The number of nitrogens with one attached hydrogen (secondary N) is 1. The van der Waals surface area contributed by atoms with E-state index in [0.717, 1.165) is 29.0 Å². The van der Waals surface area contributed by atoms with E-state index in [0.29, 0.717) is 29.7 Å². The zero-order chi connectivity index (χ0) is 17.8. The van der Waals surface area contributed by atoms with Gasteiger partial charge in [-0.15, -0.1) is 0 Å². The van der Waals surface area contributed by atoms with Gasteiger partial charge in [0.15, 0.2) is 23.0 Å². The lowest BCUT2D eigenvalue weighted by atomic mass is 10.0. The highest BCUT2D eigenvalue weighted by atomic mass is 35.5. The first-order valence-electron chi connectivity index (χ1n) is 8.08. The highest BCUT2D eigenvalue weighted by Gasteiger charge is 2.22. The van der Waals surface area contributed by atoms with Crippen molar-refractivity contribution in [3.63, 3.8) is 0 Å². The summed E-state index contributed by atoms with van der Waals surface area (Å²) in [6.45, 7) is 1.25. The van der Waals surface area contributed by atoms with Crippen molar-refractivity contribution in [3.8, 4) is 23.0 Å². The van der Waals surface area contributed by atoms with Crippen LogP contribution in [0, 0.1) is 0 Å². The van der Waals surface area contributed by atoms with E-state index in [4.69, 9.17) is 30.5 Å². The fourth-order valence-electron chi connectivity index (χ4n) is 3.02. The van der Waals surface area contributed by atoms with Gasteiger partial charge < -0.3 is 24.3 Å². The van der Waals surface area contributed by atoms with E-state index in [1.807, 2.05) is 24.3 Å². The standard InChI is InChI=1S/C19H22ClNO4/c1-22-16-6-4-5-13-9-14(11-25-18(13)16)21-10-12-7-15(20)19(24-3)17(8-12)23-2/h4-8,14,21H,9-11H2,1-3H3. The predicted molar refractivity (Wildman–Crippen MR) is 97.4 cm³/mol. The number of hydrogen-bond acceptors (Lipinski definition) is 5. The Morgan fingerprint density at radius 2 is 1.92 bits per heavy atom. The predicted octanol–water partition coefficient (Wildman–Crippen LogP) is 3.46. The monoisotopic (exact) mass is 363 g/mol. The van der Waals surface area contributed by atoms with E-state index in [9.17, 15) is 0 Å². The van der Waals surface area contributed by atoms with Crippen molar-refractivity contribution in [2.75, 3.05) is 27.9 Å². The minimum Gasteiger partial charge on any atom is -0.493 e. The molecule has 0 saturated carbocycles. The van der Waals surface area contributed by atoms with Crippen LogP contribution in [0.2, 0.25) is 5.02 Å². The Morgan fingerprint density at radius 1 is 1.12 bits per heavy atom. The number of hydrogen-bond donors (Lipinski definition) is 1. The molecule has 6 heteroatoms. The van der Waals surface area contributed by atoms with Gasteiger partial charge >= 0.3 is 0 Å². The minimum absolute atomic E-state index is 0.214. The van der Waals surface area contributed by atoms with Crippen LogP contribution in [0.1, 0.15) is 11.1 Å². The molecule has 1 N–H and O–H groups in total. The molecule has 2 aromatic carbocycles. The average molecular weight is 364 g/mol. The van der Waals surface area contributed by atoms with Crippen molar-refractivity contribution >= 4 is 11.6 Å². The molecular weight excluding hydrogens is 342 g/mol. The summed E-state index contributed by atoms with van der Waals surface area (Å²) in [7, 11) is 4.83. The largest absolute Gasteiger partial charge is 0.493 e. The van der Waals surface area contributed by atoms with E-state index < -0.39 is 0 Å². The van der Waals surface area contributed by atoms with Crippen LogP contribution in [0.15, 0.2) is 30.3 Å². The van der Waals surface area contributed by atoms with Gasteiger partial charge in [0.2, 0.25) is 0 Å². The molecule has 2 aromatic rings. The lowest BCUT2D eigenvalue weighted by Gasteiger charge is -2.27. The van der Waals surface area contributed by atoms with Crippen molar-refractivity contribution in [1.82, 2.24) is 5.32 Å². The third-order valence-electron chi connectivity index (χ3n) is 4.26. The van der Waals surface area contributed by atoms with Gasteiger partial charge in [0.05, 0.1) is 26.4 Å². The molecule has 3 rings (SSSR count). The molecule has 134 valence electrons. The van der Waals surface area contributed by atoms with Crippen LogP contribution in [0.25, 0.3) is 0 Å². The Labute approximate surface area is 152 Å². The van der Waals surface area contributed by atoms with Crippen LogP contribution in [0.3, 0.4) is 0 Å². The average Bonchev–Trinajstić information content (AvgIpc) is 2.65. The molecule has 1 atom stereocenters. The maximum absolute atomic E-state index is 6.26. The van der Waals surface area contributed by atoms with Gasteiger partial charge in [0, 0.05) is 12.6 Å². The normalized spacial score (nSPS) is 15.9. The molecule has 1 unspecified atom stereocenters. The van der Waals surface area contributed by atoms with Gasteiger partial charge in [-0.05, 0) is 35.7 Å². The first-order chi connectivity index (χ1) is 12.2. The lowest BCUT2D eigenvalue weighted by Crippen LogP contribution is -2.38. The van der Waals surface area contributed by atoms with E-state index in [1.165, 1.54) is 0 Å². The number of benzene rings is 2. The smallest absolute Gasteiger partial charge is 0.179 e. The summed E-state index contributed by atoms with van der Waals surface area (Å²) < 4.78 is 21.9. The van der Waals surface area contributed by atoms with Crippen LogP contribution < -0.4 is 24.3 Å². The Bertz CT molecular complexity index is 750. The van der Waals surface area contributed by atoms with Gasteiger partial charge in [0.25, 0.3) is 0 Å². The Balaban J connectivity index is 1.68. The molecule has 1 aliphatic heterocycles. The molecule has 0 saturated heterocycles. The molecule has 0 spiro atoms. The van der Waals surface area contributed by atoms with Crippen molar-refractivity contribution in [3.05, 3.63) is 46.5 Å². The second-order valence-electron chi connectivity index (χ2n) is 5.85. The van der Waals surface area contributed by atoms with Crippen molar-refractivity contribution < 1.29 is 18.9 Å². The second kappa shape index (κ2) is 7.85. The molecule has 0 aromatic heterocycles. The molecule has 0 fully saturated rings. The Kier molecular flexibility index (Phi) is 5.56. The van der Waals surface area contributed by atoms with Crippen LogP contribution in [0.5, 0.6) is 23.0 Å². The molecular formula is C19H22ClNO4. The Hall–Kier alpha value is -2.11. The fraction of sp³-hybridized carbons (Fsp3) is 0.368. The van der Waals surface area contributed by atoms with E-state index in [-0.39, 0.29) is 6.04 Å². The summed E-state index contributed by atoms with van der Waals surface area (Å²) in [6, 6.07) is 10.00. The second-order valence-corrected chi connectivity index (χ2v) is 6.26. The van der Waals surface area contributed by atoms with Crippen molar-refractivity contribution in [2.24, 2.45) is 0 Å². The van der Waals surface area contributed by atoms with Gasteiger partial charge in [-0.1, -0.05) is 23.7 Å².